The summed E-state index contributed by atoms with van der Waals surface area (Å²) in [5.41, 5.74) is -0.282. The molecule has 0 spiro atoms. The lowest BCUT2D eigenvalue weighted by Crippen LogP contribution is -2.23. The van der Waals surface area contributed by atoms with Crippen molar-refractivity contribution in [3.8, 4) is 0 Å². The first-order valence-electron chi connectivity index (χ1n) is 8.38. The number of thiazole rings is 1. The van der Waals surface area contributed by atoms with Crippen molar-refractivity contribution in [2.24, 2.45) is 4.99 Å². The highest BCUT2D eigenvalue weighted by atomic mass is 35.5. The highest BCUT2D eigenvalue weighted by molar-refractivity contribution is 7.16. The fraction of sp³-hybridized carbons (Fsp3) is 0.167. The number of hydrogen-bond donors (Lipinski definition) is 0. The molecule has 0 aliphatic rings. The van der Waals surface area contributed by atoms with E-state index in [2.05, 4.69) is 4.99 Å². The fourth-order valence-electron chi connectivity index (χ4n) is 2.68. The minimum atomic E-state index is -0.893. The molecule has 0 saturated heterocycles. The van der Waals surface area contributed by atoms with Crippen molar-refractivity contribution in [3.05, 3.63) is 65.9 Å². The topological polar surface area (TPSA) is 104 Å². The maximum Gasteiger partial charge on any atom is 0.326 e. The molecule has 0 aliphatic heterocycles. The maximum absolute atomic E-state index is 12.8. The standard InChI is InChI=1S/C18H12Cl3N3O5S/c1-2-29-15(25)8-23-16-12(21)6-10(20)7-14(16)30-18(23)22-17(26)11-5-9(19)3-4-13(11)24(27)28/h3-7H,2,8H2,1H3. The Labute approximate surface area is 188 Å². The SMILES string of the molecule is CCOC(=O)Cn1c(=NC(=O)c2cc(Cl)ccc2[N+](=O)[O-])sc2cc(Cl)cc(Cl)c21. The molecule has 0 fully saturated rings. The number of benzene rings is 2. The molecule has 0 atom stereocenters. The van der Waals surface area contributed by atoms with Gasteiger partial charge in [-0.3, -0.25) is 19.7 Å². The zero-order valence-corrected chi connectivity index (χ0v) is 18.3. The highest BCUT2D eigenvalue weighted by Gasteiger charge is 2.21. The molecule has 0 radical (unpaired) electrons. The second kappa shape index (κ2) is 9.13. The van der Waals surface area contributed by atoms with Crippen LogP contribution in [-0.4, -0.2) is 28.0 Å². The number of nitro benzene ring substituents is 1. The first-order valence-corrected chi connectivity index (χ1v) is 10.3. The Kier molecular flexibility index (Phi) is 6.77. The third-order valence-electron chi connectivity index (χ3n) is 3.87. The summed E-state index contributed by atoms with van der Waals surface area (Å²) in [6.07, 6.45) is 0. The number of amides is 1. The zero-order valence-electron chi connectivity index (χ0n) is 15.2. The summed E-state index contributed by atoms with van der Waals surface area (Å²) in [6, 6.07) is 6.70. The number of ether oxygens (including phenoxy) is 1. The van der Waals surface area contributed by atoms with Crippen LogP contribution in [0.1, 0.15) is 17.3 Å². The summed E-state index contributed by atoms with van der Waals surface area (Å²) in [5, 5.41) is 12.0. The first-order chi connectivity index (χ1) is 14.2. The predicted octanol–water partition coefficient (Wildman–Crippen LogP) is 4.88. The van der Waals surface area contributed by atoms with Gasteiger partial charge >= 0.3 is 5.97 Å². The van der Waals surface area contributed by atoms with Crippen LogP contribution in [0.5, 0.6) is 0 Å². The lowest BCUT2D eigenvalue weighted by molar-refractivity contribution is -0.385. The summed E-state index contributed by atoms with van der Waals surface area (Å²) in [6.45, 7) is 1.56. The number of halogens is 3. The Bertz CT molecular complexity index is 1250. The van der Waals surface area contributed by atoms with Crippen molar-refractivity contribution in [1.29, 1.82) is 0 Å². The molecule has 12 heteroatoms. The second-order valence-electron chi connectivity index (χ2n) is 5.85. The summed E-state index contributed by atoms with van der Waals surface area (Å²) in [7, 11) is 0. The molecule has 3 rings (SSSR count). The van der Waals surface area contributed by atoms with E-state index in [1.165, 1.54) is 22.8 Å². The fourth-order valence-corrected chi connectivity index (χ4v) is 4.66. The number of rotatable bonds is 5. The molecule has 3 aromatic rings. The minimum absolute atomic E-state index is 0.0986. The molecule has 2 aromatic carbocycles. The molecule has 8 nitrogen and oxygen atoms in total. The van der Waals surface area contributed by atoms with Gasteiger partial charge in [0.2, 0.25) is 0 Å². The van der Waals surface area contributed by atoms with Crippen LogP contribution in [0.4, 0.5) is 5.69 Å². The van der Waals surface area contributed by atoms with Crippen LogP contribution in [0.25, 0.3) is 10.2 Å². The number of nitrogens with zero attached hydrogens (tertiary/aromatic N) is 3. The van der Waals surface area contributed by atoms with Crippen LogP contribution < -0.4 is 4.80 Å². The molecule has 1 amide bonds. The van der Waals surface area contributed by atoms with E-state index in [1.54, 1.807) is 13.0 Å². The molecule has 1 heterocycles. The predicted molar refractivity (Wildman–Crippen MR) is 114 cm³/mol. The lowest BCUT2D eigenvalue weighted by Gasteiger charge is -2.06. The summed E-state index contributed by atoms with van der Waals surface area (Å²) in [4.78, 5) is 39.5. The summed E-state index contributed by atoms with van der Waals surface area (Å²) < 4.78 is 6.96. The van der Waals surface area contributed by atoms with Crippen molar-refractivity contribution >= 4 is 73.9 Å². The van der Waals surface area contributed by atoms with Crippen LogP contribution in [0, 0.1) is 10.1 Å². The van der Waals surface area contributed by atoms with Crippen LogP contribution in [-0.2, 0) is 16.1 Å². The summed E-state index contributed by atoms with van der Waals surface area (Å²) in [5.74, 6) is -1.46. The van der Waals surface area contributed by atoms with Gasteiger partial charge in [0.25, 0.3) is 11.6 Å². The average molecular weight is 489 g/mol. The first kappa shape index (κ1) is 22.2. The normalized spacial score (nSPS) is 11.7. The number of carbonyl (C=O) groups excluding carboxylic acids is 2. The van der Waals surface area contributed by atoms with Crippen LogP contribution in [0.3, 0.4) is 0 Å². The highest BCUT2D eigenvalue weighted by Crippen LogP contribution is 2.30. The number of aromatic nitrogens is 1. The third-order valence-corrected chi connectivity index (χ3v) is 5.64. The smallest absolute Gasteiger partial charge is 0.326 e. The molecule has 0 unspecified atom stereocenters. The van der Waals surface area contributed by atoms with Gasteiger partial charge < -0.3 is 9.30 Å². The number of nitro groups is 1. The van der Waals surface area contributed by atoms with E-state index in [4.69, 9.17) is 39.5 Å². The number of carbonyl (C=O) groups is 2. The number of hydrogen-bond acceptors (Lipinski definition) is 6. The molecule has 30 heavy (non-hydrogen) atoms. The van der Waals surface area contributed by atoms with E-state index in [0.29, 0.717) is 15.2 Å². The average Bonchev–Trinajstić information content (AvgIpc) is 2.98. The molecule has 0 saturated carbocycles. The zero-order chi connectivity index (χ0) is 22.0. The van der Waals surface area contributed by atoms with Gasteiger partial charge in [0.1, 0.15) is 12.1 Å². The Morgan fingerprint density at radius 1 is 1.20 bits per heavy atom. The van der Waals surface area contributed by atoms with Gasteiger partial charge in [0, 0.05) is 16.1 Å². The molecule has 0 N–H and O–H groups in total. The minimum Gasteiger partial charge on any atom is -0.465 e. The van der Waals surface area contributed by atoms with Crippen LogP contribution in [0.2, 0.25) is 15.1 Å². The van der Waals surface area contributed by atoms with Crippen LogP contribution in [0.15, 0.2) is 35.3 Å². The molecule has 156 valence electrons. The Morgan fingerprint density at radius 2 is 1.93 bits per heavy atom. The van der Waals surface area contributed by atoms with Gasteiger partial charge in [-0.15, -0.1) is 0 Å². The lowest BCUT2D eigenvalue weighted by atomic mass is 10.2. The van der Waals surface area contributed by atoms with Gasteiger partial charge in [0.15, 0.2) is 4.80 Å². The molecular weight excluding hydrogens is 477 g/mol. The summed E-state index contributed by atoms with van der Waals surface area (Å²) >= 11 is 19.3. The van der Waals surface area contributed by atoms with Crippen molar-refractivity contribution < 1.29 is 19.2 Å². The van der Waals surface area contributed by atoms with Crippen molar-refractivity contribution in [1.82, 2.24) is 4.57 Å². The van der Waals surface area contributed by atoms with Gasteiger partial charge in [-0.1, -0.05) is 46.1 Å². The second-order valence-corrected chi connectivity index (χ2v) is 8.13. The molecule has 0 aliphatic carbocycles. The van der Waals surface area contributed by atoms with E-state index in [9.17, 15) is 19.7 Å². The quantitative estimate of drug-likeness (QED) is 0.289. The van der Waals surface area contributed by atoms with E-state index < -0.39 is 22.5 Å². The van der Waals surface area contributed by atoms with Gasteiger partial charge in [0.05, 0.1) is 26.8 Å². The number of fused-ring (bicyclic) bond motifs is 1. The molecular formula is C18H12Cl3N3O5S. The number of esters is 1. The molecule has 0 bridgehead atoms. The van der Waals surface area contributed by atoms with Gasteiger partial charge in [-0.25, -0.2) is 0 Å². The third kappa shape index (κ3) is 4.65. The van der Waals surface area contributed by atoms with Crippen molar-refractivity contribution in [2.75, 3.05) is 6.61 Å². The van der Waals surface area contributed by atoms with Gasteiger partial charge in [-0.2, -0.15) is 4.99 Å². The van der Waals surface area contributed by atoms with Crippen LogP contribution >= 0.6 is 46.1 Å². The van der Waals surface area contributed by atoms with Gasteiger partial charge in [-0.05, 0) is 31.2 Å². The van der Waals surface area contributed by atoms with E-state index in [-0.39, 0.29) is 33.6 Å². The van der Waals surface area contributed by atoms with E-state index in [0.717, 1.165) is 17.4 Å². The Morgan fingerprint density at radius 3 is 2.60 bits per heavy atom. The Hall–Kier alpha value is -2.46. The maximum atomic E-state index is 12.8. The van der Waals surface area contributed by atoms with Crippen molar-refractivity contribution in [2.45, 2.75) is 13.5 Å². The Balaban J connectivity index is 2.22. The van der Waals surface area contributed by atoms with E-state index >= 15 is 0 Å². The molecule has 1 aromatic heterocycles. The van der Waals surface area contributed by atoms with Crippen molar-refractivity contribution in [3.63, 3.8) is 0 Å². The largest absolute Gasteiger partial charge is 0.465 e. The van der Waals surface area contributed by atoms with E-state index in [1.807, 2.05) is 0 Å². The monoisotopic (exact) mass is 487 g/mol.